The monoisotopic (exact) mass is 415 g/mol. The molecule has 0 aliphatic heterocycles. The summed E-state index contributed by atoms with van der Waals surface area (Å²) < 4.78 is 6.46. The van der Waals surface area contributed by atoms with Crippen LogP contribution < -0.4 is 10.3 Å². The summed E-state index contributed by atoms with van der Waals surface area (Å²) in [4.78, 5) is 28.6. The molecule has 0 fully saturated rings. The number of aromatic hydroxyl groups is 1. The number of nitrogens with zero attached hydrogens (tertiary/aromatic N) is 3. The molecular weight excluding hydrogens is 398 g/mol. The number of aromatic nitrogens is 2. The lowest BCUT2D eigenvalue weighted by molar-refractivity contribution is -0.384. The number of non-ortho nitro benzene ring substituents is 1. The molecule has 0 unspecified atom stereocenters. The first kappa shape index (κ1) is 19.8. The topological polar surface area (TPSA) is 107 Å². The molecule has 0 amide bonds. The number of nitro benzene ring substituents is 1. The molecule has 0 atom stereocenters. The van der Waals surface area contributed by atoms with E-state index in [1.165, 1.54) is 35.9 Å². The van der Waals surface area contributed by atoms with E-state index in [4.69, 9.17) is 4.74 Å². The molecule has 4 aromatic rings. The summed E-state index contributed by atoms with van der Waals surface area (Å²) in [5.74, 6) is 0.623. The van der Waals surface area contributed by atoms with Crippen LogP contribution in [0, 0.1) is 10.1 Å². The predicted octanol–water partition coefficient (Wildman–Crippen LogP) is 4.18. The van der Waals surface area contributed by atoms with Crippen LogP contribution in [0.15, 0.2) is 71.5 Å². The smallest absolute Gasteiger partial charge is 0.271 e. The Morgan fingerprint density at radius 1 is 1.06 bits per heavy atom. The van der Waals surface area contributed by atoms with E-state index in [1.54, 1.807) is 54.6 Å². The van der Waals surface area contributed by atoms with Gasteiger partial charge in [0.05, 0.1) is 28.6 Å². The maximum atomic E-state index is 13.3. The van der Waals surface area contributed by atoms with Gasteiger partial charge in [-0.25, -0.2) is 4.98 Å². The molecule has 3 aromatic carbocycles. The van der Waals surface area contributed by atoms with Gasteiger partial charge < -0.3 is 9.84 Å². The van der Waals surface area contributed by atoms with Crippen molar-refractivity contribution >= 4 is 28.7 Å². The van der Waals surface area contributed by atoms with Crippen LogP contribution in [0.4, 0.5) is 5.69 Å². The molecule has 1 N–H and O–H groups in total. The maximum absolute atomic E-state index is 13.3. The van der Waals surface area contributed by atoms with Crippen molar-refractivity contribution in [2.75, 3.05) is 7.11 Å². The minimum Gasteiger partial charge on any atom is -0.504 e. The fourth-order valence-electron chi connectivity index (χ4n) is 3.23. The molecule has 0 saturated heterocycles. The Balaban J connectivity index is 1.92. The average Bonchev–Trinajstić information content (AvgIpc) is 2.78. The van der Waals surface area contributed by atoms with Crippen molar-refractivity contribution in [3.63, 3.8) is 0 Å². The van der Waals surface area contributed by atoms with Gasteiger partial charge in [-0.2, -0.15) is 0 Å². The fraction of sp³-hybridized carbons (Fsp3) is 0.0435. The first-order valence-corrected chi connectivity index (χ1v) is 9.29. The van der Waals surface area contributed by atoms with Crippen LogP contribution in [0.25, 0.3) is 28.7 Å². The Kier molecular flexibility index (Phi) is 5.19. The van der Waals surface area contributed by atoms with Gasteiger partial charge in [-0.1, -0.05) is 30.3 Å². The SMILES string of the molecule is COc1cc(/C=C/c2nc3ccccc3c(=O)n2-c2cccc([N+](=O)[O-])c2)ccc1O. The molecule has 31 heavy (non-hydrogen) atoms. The molecular formula is C23H17N3O5. The Morgan fingerprint density at radius 2 is 1.87 bits per heavy atom. The van der Waals surface area contributed by atoms with Gasteiger partial charge in [0.1, 0.15) is 5.82 Å². The third kappa shape index (κ3) is 3.86. The fourth-order valence-corrected chi connectivity index (χ4v) is 3.23. The molecule has 4 rings (SSSR count). The van der Waals surface area contributed by atoms with Crippen LogP contribution >= 0.6 is 0 Å². The van der Waals surface area contributed by atoms with E-state index < -0.39 is 4.92 Å². The van der Waals surface area contributed by atoms with E-state index >= 15 is 0 Å². The zero-order valence-electron chi connectivity index (χ0n) is 16.4. The number of phenolic OH excluding ortho intramolecular Hbond substituents is 1. The summed E-state index contributed by atoms with van der Waals surface area (Å²) >= 11 is 0. The quantitative estimate of drug-likeness (QED) is 0.387. The number of rotatable bonds is 5. The van der Waals surface area contributed by atoms with Crippen molar-refractivity contribution in [2.24, 2.45) is 0 Å². The predicted molar refractivity (Wildman–Crippen MR) is 118 cm³/mol. The largest absolute Gasteiger partial charge is 0.504 e. The third-order valence-electron chi connectivity index (χ3n) is 4.73. The first-order valence-electron chi connectivity index (χ1n) is 9.29. The lowest BCUT2D eigenvalue weighted by Crippen LogP contribution is -2.22. The van der Waals surface area contributed by atoms with E-state index in [1.807, 2.05) is 0 Å². The molecule has 8 nitrogen and oxygen atoms in total. The number of nitro groups is 1. The highest BCUT2D eigenvalue weighted by atomic mass is 16.6. The van der Waals surface area contributed by atoms with Crippen molar-refractivity contribution in [2.45, 2.75) is 0 Å². The Morgan fingerprint density at radius 3 is 2.65 bits per heavy atom. The van der Waals surface area contributed by atoms with Crippen molar-refractivity contribution in [1.82, 2.24) is 9.55 Å². The van der Waals surface area contributed by atoms with Crippen LogP contribution in [-0.4, -0.2) is 26.7 Å². The van der Waals surface area contributed by atoms with Gasteiger partial charge in [-0.05, 0) is 42.0 Å². The number of methoxy groups -OCH3 is 1. The van der Waals surface area contributed by atoms with Gasteiger partial charge in [-0.3, -0.25) is 19.5 Å². The summed E-state index contributed by atoms with van der Waals surface area (Å²) in [6, 6.07) is 17.6. The van der Waals surface area contributed by atoms with E-state index in [-0.39, 0.29) is 17.0 Å². The lowest BCUT2D eigenvalue weighted by Gasteiger charge is -2.11. The second kappa shape index (κ2) is 8.11. The van der Waals surface area contributed by atoms with Crippen LogP contribution in [0.2, 0.25) is 0 Å². The highest BCUT2D eigenvalue weighted by Gasteiger charge is 2.14. The van der Waals surface area contributed by atoms with Crippen LogP contribution in [0.3, 0.4) is 0 Å². The van der Waals surface area contributed by atoms with Crippen molar-refractivity contribution in [1.29, 1.82) is 0 Å². The second-order valence-corrected chi connectivity index (χ2v) is 6.67. The van der Waals surface area contributed by atoms with Gasteiger partial charge in [0, 0.05) is 12.1 Å². The van der Waals surface area contributed by atoms with Gasteiger partial charge >= 0.3 is 0 Å². The van der Waals surface area contributed by atoms with Gasteiger partial charge in [0.15, 0.2) is 11.5 Å². The lowest BCUT2D eigenvalue weighted by atomic mass is 10.1. The second-order valence-electron chi connectivity index (χ2n) is 6.67. The molecule has 8 heteroatoms. The van der Waals surface area contributed by atoms with E-state index in [2.05, 4.69) is 4.98 Å². The normalized spacial score (nSPS) is 11.1. The molecule has 1 heterocycles. The average molecular weight is 415 g/mol. The maximum Gasteiger partial charge on any atom is 0.271 e. The minimum atomic E-state index is -0.513. The third-order valence-corrected chi connectivity index (χ3v) is 4.73. The summed E-state index contributed by atoms with van der Waals surface area (Å²) in [6.07, 6.45) is 3.35. The van der Waals surface area contributed by atoms with E-state index in [9.17, 15) is 20.0 Å². The minimum absolute atomic E-state index is 0.0111. The highest BCUT2D eigenvalue weighted by molar-refractivity contribution is 5.80. The number of benzene rings is 3. The summed E-state index contributed by atoms with van der Waals surface area (Å²) in [6.45, 7) is 0. The number of hydrogen-bond donors (Lipinski definition) is 1. The number of phenols is 1. The Labute approximate surface area is 176 Å². The van der Waals surface area contributed by atoms with Crippen molar-refractivity contribution in [3.8, 4) is 17.2 Å². The molecule has 0 saturated carbocycles. The number of para-hydroxylation sites is 1. The Bertz CT molecular complexity index is 1390. The molecule has 1 aromatic heterocycles. The zero-order chi connectivity index (χ0) is 22.0. The zero-order valence-corrected chi connectivity index (χ0v) is 16.4. The molecule has 0 aliphatic carbocycles. The molecule has 154 valence electrons. The summed E-state index contributed by atoms with van der Waals surface area (Å²) in [5.41, 5.74) is 1.09. The van der Waals surface area contributed by atoms with Gasteiger partial charge in [0.25, 0.3) is 11.2 Å². The number of ether oxygens (including phenoxy) is 1. The summed E-state index contributed by atoms with van der Waals surface area (Å²) in [5, 5.41) is 21.4. The summed E-state index contributed by atoms with van der Waals surface area (Å²) in [7, 11) is 1.45. The molecule has 0 radical (unpaired) electrons. The Hall–Kier alpha value is -4.46. The van der Waals surface area contributed by atoms with Crippen LogP contribution in [-0.2, 0) is 0 Å². The van der Waals surface area contributed by atoms with E-state index in [0.717, 1.165) is 0 Å². The van der Waals surface area contributed by atoms with E-state index in [0.29, 0.717) is 33.7 Å². The highest BCUT2D eigenvalue weighted by Crippen LogP contribution is 2.27. The molecule has 0 bridgehead atoms. The van der Waals surface area contributed by atoms with Crippen LogP contribution in [0.1, 0.15) is 11.4 Å². The van der Waals surface area contributed by atoms with Crippen molar-refractivity contribution in [3.05, 3.63) is 98.6 Å². The first-order chi connectivity index (χ1) is 15.0. The number of hydrogen-bond acceptors (Lipinski definition) is 6. The van der Waals surface area contributed by atoms with Crippen molar-refractivity contribution < 1.29 is 14.8 Å². The number of fused-ring (bicyclic) bond motifs is 1. The van der Waals surface area contributed by atoms with Gasteiger partial charge in [-0.15, -0.1) is 0 Å². The molecule has 0 aliphatic rings. The molecule has 0 spiro atoms. The van der Waals surface area contributed by atoms with Gasteiger partial charge in [0.2, 0.25) is 0 Å². The van der Waals surface area contributed by atoms with Crippen LogP contribution in [0.5, 0.6) is 11.5 Å². The standard InChI is InChI=1S/C23H17N3O5/c1-31-21-13-15(9-11-20(21)27)10-12-22-24-19-8-3-2-7-18(19)23(28)25(22)16-5-4-6-17(14-16)26(29)30/h2-14,27H,1H3/b12-10+.